The van der Waals surface area contributed by atoms with Crippen molar-refractivity contribution in [3.63, 3.8) is 0 Å². The molecule has 3 nitrogen and oxygen atoms in total. The summed E-state index contributed by atoms with van der Waals surface area (Å²) in [4.78, 5) is 14.9. The van der Waals surface area contributed by atoms with E-state index >= 15 is 0 Å². The van der Waals surface area contributed by atoms with Crippen molar-refractivity contribution >= 4 is 91.2 Å². The molecule has 0 N–H and O–H groups in total. The molecule has 0 aromatic heterocycles. The van der Waals surface area contributed by atoms with Crippen LogP contribution in [0.5, 0.6) is 5.75 Å². The Morgan fingerprint density at radius 3 is 2.58 bits per heavy atom. The first-order chi connectivity index (χ1) is 14.9. The second kappa shape index (κ2) is 9.97. The van der Waals surface area contributed by atoms with Crippen LogP contribution in [-0.4, -0.2) is 10.2 Å². The molecule has 156 valence electrons. The van der Waals surface area contributed by atoms with Crippen LogP contribution in [0.1, 0.15) is 11.1 Å². The van der Waals surface area contributed by atoms with Crippen molar-refractivity contribution in [2.45, 2.75) is 6.61 Å². The third-order valence-corrected chi connectivity index (χ3v) is 7.14. The normalized spacial score (nSPS) is 15.1. The van der Waals surface area contributed by atoms with Crippen LogP contribution >= 0.6 is 69.2 Å². The molecule has 4 rings (SSSR count). The van der Waals surface area contributed by atoms with E-state index in [-0.39, 0.29) is 5.91 Å². The SMILES string of the molecule is O=C1/C(=C/c2cc(I)cc(I)c2OCc2ccccc2)SC(=S)N1c1cccc(F)c1. The fraction of sp³-hybridized carbons (Fsp3) is 0.0435. The van der Waals surface area contributed by atoms with Crippen LogP contribution in [0.15, 0.2) is 71.6 Å². The third-order valence-electron chi connectivity index (χ3n) is 4.41. The Morgan fingerprint density at radius 1 is 1.06 bits per heavy atom. The number of carbonyl (C=O) groups excluding carboxylic acids is 1. The number of carbonyl (C=O) groups is 1. The fourth-order valence-corrected chi connectivity index (χ4v) is 6.35. The summed E-state index contributed by atoms with van der Waals surface area (Å²) in [6.45, 7) is 0.419. The summed E-state index contributed by atoms with van der Waals surface area (Å²) in [5.41, 5.74) is 2.27. The van der Waals surface area contributed by atoms with Gasteiger partial charge in [0.05, 0.1) is 14.2 Å². The van der Waals surface area contributed by atoms with Crippen LogP contribution in [-0.2, 0) is 11.4 Å². The molecule has 0 radical (unpaired) electrons. The van der Waals surface area contributed by atoms with Crippen LogP contribution < -0.4 is 9.64 Å². The molecule has 0 atom stereocenters. The first kappa shape index (κ1) is 22.7. The molecular formula is C23H14FI2NO2S2. The van der Waals surface area contributed by atoms with E-state index in [1.807, 2.05) is 42.5 Å². The summed E-state index contributed by atoms with van der Waals surface area (Å²) < 4.78 is 22.2. The maximum absolute atomic E-state index is 13.7. The molecule has 1 aliphatic rings. The topological polar surface area (TPSA) is 29.5 Å². The largest absolute Gasteiger partial charge is 0.487 e. The number of hydrogen-bond donors (Lipinski definition) is 0. The number of thiocarbonyl (C=S) groups is 1. The molecule has 31 heavy (non-hydrogen) atoms. The van der Waals surface area contributed by atoms with Crippen LogP contribution in [0.2, 0.25) is 0 Å². The van der Waals surface area contributed by atoms with Crippen LogP contribution in [0.4, 0.5) is 10.1 Å². The minimum atomic E-state index is -0.417. The van der Waals surface area contributed by atoms with Gasteiger partial charge in [0.15, 0.2) is 4.32 Å². The maximum atomic E-state index is 13.7. The van der Waals surface area contributed by atoms with E-state index in [1.165, 1.54) is 28.8 Å². The van der Waals surface area contributed by atoms with Gasteiger partial charge in [-0.1, -0.05) is 60.4 Å². The molecule has 0 aliphatic carbocycles. The Morgan fingerprint density at radius 2 is 1.84 bits per heavy atom. The van der Waals surface area contributed by atoms with Gasteiger partial charge in [-0.25, -0.2) is 4.39 Å². The van der Waals surface area contributed by atoms with E-state index in [9.17, 15) is 9.18 Å². The van der Waals surface area contributed by atoms with Gasteiger partial charge in [-0.05, 0) is 87.2 Å². The summed E-state index contributed by atoms with van der Waals surface area (Å²) in [6.07, 6.45) is 1.79. The second-order valence-corrected chi connectivity index (χ2v) is 10.7. The van der Waals surface area contributed by atoms with Gasteiger partial charge in [-0.3, -0.25) is 9.69 Å². The lowest BCUT2D eigenvalue weighted by atomic mass is 10.1. The van der Waals surface area contributed by atoms with E-state index in [4.69, 9.17) is 17.0 Å². The Kier molecular flexibility index (Phi) is 7.29. The standard InChI is InChI=1S/C23H14FI2NO2S2/c24-16-7-4-8-18(11-16)27-22(28)20(31-23(27)30)10-15-9-17(25)12-19(26)21(15)29-13-14-5-2-1-3-6-14/h1-12H,13H2/b20-10-. The number of benzene rings is 3. The monoisotopic (exact) mass is 673 g/mol. The summed E-state index contributed by atoms with van der Waals surface area (Å²) in [5, 5.41) is 0. The predicted octanol–water partition coefficient (Wildman–Crippen LogP) is 7.02. The van der Waals surface area contributed by atoms with Gasteiger partial charge in [0.2, 0.25) is 0 Å². The molecule has 8 heteroatoms. The molecular weight excluding hydrogens is 659 g/mol. The molecule has 1 fully saturated rings. The zero-order valence-corrected chi connectivity index (χ0v) is 21.8. The number of amides is 1. The zero-order chi connectivity index (χ0) is 22.0. The number of nitrogens with zero attached hydrogens (tertiary/aromatic N) is 1. The lowest BCUT2D eigenvalue weighted by Gasteiger charge is -2.14. The van der Waals surface area contributed by atoms with E-state index < -0.39 is 5.82 Å². The van der Waals surface area contributed by atoms with Crippen molar-refractivity contribution in [1.82, 2.24) is 0 Å². The minimum absolute atomic E-state index is 0.275. The van der Waals surface area contributed by atoms with Gasteiger partial charge >= 0.3 is 0 Å². The number of halogens is 3. The van der Waals surface area contributed by atoms with Crippen molar-refractivity contribution in [3.05, 3.63) is 95.7 Å². The van der Waals surface area contributed by atoms with E-state index in [0.29, 0.717) is 27.3 Å². The zero-order valence-electron chi connectivity index (χ0n) is 15.8. The minimum Gasteiger partial charge on any atom is -0.487 e. The third kappa shape index (κ3) is 5.29. The van der Waals surface area contributed by atoms with Crippen molar-refractivity contribution < 1.29 is 13.9 Å². The molecule has 0 unspecified atom stereocenters. The molecule has 1 amide bonds. The van der Waals surface area contributed by atoms with Crippen LogP contribution in [0.3, 0.4) is 0 Å². The van der Waals surface area contributed by atoms with Crippen molar-refractivity contribution in [2.24, 2.45) is 0 Å². The average molecular weight is 673 g/mol. The number of thioether (sulfide) groups is 1. The highest BCUT2D eigenvalue weighted by Crippen LogP contribution is 2.38. The second-order valence-electron chi connectivity index (χ2n) is 6.58. The highest BCUT2D eigenvalue weighted by Gasteiger charge is 2.33. The maximum Gasteiger partial charge on any atom is 0.270 e. The van der Waals surface area contributed by atoms with Gasteiger partial charge in [-0.2, -0.15) is 0 Å². The lowest BCUT2D eigenvalue weighted by molar-refractivity contribution is -0.113. The van der Waals surface area contributed by atoms with Crippen molar-refractivity contribution in [2.75, 3.05) is 4.90 Å². The number of rotatable bonds is 5. The summed E-state index contributed by atoms with van der Waals surface area (Å²) >= 11 is 11.1. The first-order valence-electron chi connectivity index (χ1n) is 9.11. The van der Waals surface area contributed by atoms with E-state index in [1.54, 1.807) is 18.2 Å². The first-order valence-corrected chi connectivity index (χ1v) is 12.5. The summed E-state index contributed by atoms with van der Waals surface area (Å²) in [6, 6.07) is 19.8. The average Bonchev–Trinajstić information content (AvgIpc) is 3.01. The molecule has 3 aromatic carbocycles. The summed E-state index contributed by atoms with van der Waals surface area (Å²) in [5.74, 6) is 0.0173. The van der Waals surface area contributed by atoms with Gasteiger partial charge in [0, 0.05) is 9.13 Å². The van der Waals surface area contributed by atoms with Gasteiger partial charge in [0.25, 0.3) is 5.91 Å². The Bertz CT molecular complexity index is 1200. The van der Waals surface area contributed by atoms with Crippen LogP contribution in [0.25, 0.3) is 6.08 Å². The smallest absolute Gasteiger partial charge is 0.270 e. The quantitative estimate of drug-likeness (QED) is 0.166. The lowest BCUT2D eigenvalue weighted by Crippen LogP contribution is -2.27. The molecule has 1 aliphatic heterocycles. The van der Waals surface area contributed by atoms with Gasteiger partial charge in [-0.15, -0.1) is 0 Å². The van der Waals surface area contributed by atoms with Crippen molar-refractivity contribution in [1.29, 1.82) is 0 Å². The Hall–Kier alpha value is -1.50. The molecule has 3 aromatic rings. The molecule has 1 saturated heterocycles. The highest BCUT2D eigenvalue weighted by molar-refractivity contribution is 14.1. The Labute approximate surface area is 216 Å². The van der Waals surface area contributed by atoms with Gasteiger partial charge in [0.1, 0.15) is 18.2 Å². The van der Waals surface area contributed by atoms with Crippen LogP contribution in [0, 0.1) is 13.0 Å². The fourth-order valence-electron chi connectivity index (χ4n) is 3.02. The van der Waals surface area contributed by atoms with E-state index in [2.05, 4.69) is 45.2 Å². The molecule has 0 bridgehead atoms. The molecule has 0 saturated carbocycles. The van der Waals surface area contributed by atoms with Gasteiger partial charge < -0.3 is 4.74 Å². The number of ether oxygens (including phenoxy) is 1. The Balaban J connectivity index is 1.66. The number of hydrogen-bond acceptors (Lipinski definition) is 4. The highest BCUT2D eigenvalue weighted by atomic mass is 127. The number of anilines is 1. The predicted molar refractivity (Wildman–Crippen MR) is 145 cm³/mol. The summed E-state index contributed by atoms with van der Waals surface area (Å²) in [7, 11) is 0. The molecule has 0 spiro atoms. The van der Waals surface area contributed by atoms with Crippen molar-refractivity contribution in [3.8, 4) is 5.75 Å². The molecule has 1 heterocycles. The van der Waals surface area contributed by atoms with E-state index in [0.717, 1.165) is 18.3 Å².